The van der Waals surface area contributed by atoms with Crippen molar-refractivity contribution < 1.29 is 4.74 Å². The van der Waals surface area contributed by atoms with E-state index in [2.05, 4.69) is 41.4 Å². The van der Waals surface area contributed by atoms with Crippen molar-refractivity contribution in [1.82, 2.24) is 9.78 Å². The molecule has 0 atom stereocenters. The van der Waals surface area contributed by atoms with Crippen LogP contribution in [0.5, 0.6) is 5.88 Å². The summed E-state index contributed by atoms with van der Waals surface area (Å²) in [6, 6.07) is 8.18. The lowest BCUT2D eigenvalue weighted by Crippen LogP contribution is -2.22. The van der Waals surface area contributed by atoms with Crippen LogP contribution in [0.2, 0.25) is 0 Å². The van der Waals surface area contributed by atoms with Crippen molar-refractivity contribution in [2.75, 3.05) is 12.4 Å². The van der Waals surface area contributed by atoms with Gasteiger partial charge in [0, 0.05) is 12.7 Å². The Labute approximate surface area is 137 Å². The van der Waals surface area contributed by atoms with Crippen molar-refractivity contribution in [3.63, 3.8) is 0 Å². The van der Waals surface area contributed by atoms with Crippen molar-refractivity contribution in [3.8, 4) is 5.88 Å². The van der Waals surface area contributed by atoms with Gasteiger partial charge in [0.1, 0.15) is 0 Å². The molecule has 2 aromatic rings. The van der Waals surface area contributed by atoms with Crippen molar-refractivity contribution in [1.29, 1.82) is 0 Å². The number of aliphatic imine (C=N–C) groups is 1. The van der Waals surface area contributed by atoms with Crippen LogP contribution in [0, 0.1) is 6.92 Å². The molecule has 1 aromatic heterocycles. The lowest BCUT2D eigenvalue weighted by Gasteiger charge is -2.10. The lowest BCUT2D eigenvalue weighted by atomic mass is 10.0. The summed E-state index contributed by atoms with van der Waals surface area (Å²) in [6.07, 6.45) is 0. The minimum absolute atomic E-state index is 0.371. The van der Waals surface area contributed by atoms with E-state index in [1.807, 2.05) is 26.1 Å². The van der Waals surface area contributed by atoms with Gasteiger partial charge in [-0.25, -0.2) is 9.67 Å². The quantitative estimate of drug-likeness (QED) is 0.657. The van der Waals surface area contributed by atoms with Gasteiger partial charge in [-0.15, -0.1) is 0 Å². The van der Waals surface area contributed by atoms with E-state index in [0.29, 0.717) is 24.3 Å². The Bertz CT molecular complexity index is 703. The van der Waals surface area contributed by atoms with E-state index in [1.54, 1.807) is 11.8 Å². The smallest absolute Gasteiger partial charge is 0.216 e. The van der Waals surface area contributed by atoms with E-state index in [9.17, 15) is 0 Å². The van der Waals surface area contributed by atoms with Crippen LogP contribution in [0.25, 0.3) is 0 Å². The number of nitrogens with zero attached hydrogens (tertiary/aromatic N) is 3. The van der Waals surface area contributed by atoms with Crippen LogP contribution in [0.1, 0.15) is 36.6 Å². The summed E-state index contributed by atoms with van der Waals surface area (Å²) in [5.41, 5.74) is 10.0. The molecule has 0 radical (unpaired) electrons. The summed E-state index contributed by atoms with van der Waals surface area (Å²) in [4.78, 5) is 4.40. The first kappa shape index (κ1) is 16.9. The van der Waals surface area contributed by atoms with E-state index in [1.165, 1.54) is 5.56 Å². The Kier molecular flexibility index (Phi) is 5.26. The minimum atomic E-state index is 0.371. The molecule has 3 N–H and O–H groups in total. The van der Waals surface area contributed by atoms with Gasteiger partial charge in [0.25, 0.3) is 0 Å². The number of guanidine groups is 1. The number of aromatic nitrogens is 2. The summed E-state index contributed by atoms with van der Waals surface area (Å²) < 4.78 is 7.06. The molecule has 124 valence electrons. The number of nitrogens with one attached hydrogen (secondary N) is 1. The summed E-state index contributed by atoms with van der Waals surface area (Å²) in [6.45, 7) is 6.68. The Hall–Kier alpha value is -2.50. The summed E-state index contributed by atoms with van der Waals surface area (Å²) in [7, 11) is 3.47. The van der Waals surface area contributed by atoms with E-state index < -0.39 is 0 Å². The maximum absolute atomic E-state index is 6.00. The molecule has 6 heteroatoms. The molecule has 0 aliphatic heterocycles. The Morgan fingerprint density at radius 3 is 2.83 bits per heavy atom. The van der Waals surface area contributed by atoms with Crippen LogP contribution in [0.4, 0.5) is 5.69 Å². The summed E-state index contributed by atoms with van der Waals surface area (Å²) in [5, 5.41) is 7.47. The van der Waals surface area contributed by atoms with Crippen LogP contribution in [-0.2, 0) is 13.6 Å². The van der Waals surface area contributed by atoms with Crippen LogP contribution >= 0.6 is 0 Å². The van der Waals surface area contributed by atoms with E-state index in [-0.39, 0.29) is 0 Å². The largest absolute Gasteiger partial charge is 0.481 e. The molecule has 0 unspecified atom stereocenters. The molecule has 23 heavy (non-hydrogen) atoms. The molecule has 0 amide bonds. The highest BCUT2D eigenvalue weighted by Gasteiger charge is 2.13. The van der Waals surface area contributed by atoms with Gasteiger partial charge in [0.15, 0.2) is 5.96 Å². The standard InChI is InChI=1S/C17H25N5O/c1-11(2)13-7-6-8-14(9-13)20-17(18)19-10-15-12(3)21-22(4)16(15)23-5/h6-9,11H,10H2,1-5H3,(H3,18,19,20). The third-order valence-electron chi connectivity index (χ3n) is 3.72. The van der Waals surface area contributed by atoms with Crippen LogP contribution in [0.15, 0.2) is 29.3 Å². The average Bonchev–Trinajstić information content (AvgIpc) is 2.78. The Balaban J connectivity index is 2.11. The van der Waals surface area contributed by atoms with Gasteiger partial charge < -0.3 is 15.8 Å². The highest BCUT2D eigenvalue weighted by atomic mass is 16.5. The number of hydrogen-bond acceptors (Lipinski definition) is 3. The second kappa shape index (κ2) is 7.17. The maximum Gasteiger partial charge on any atom is 0.216 e. The predicted molar refractivity (Wildman–Crippen MR) is 94.0 cm³/mol. The van der Waals surface area contributed by atoms with Gasteiger partial charge in [0.05, 0.1) is 24.9 Å². The zero-order valence-corrected chi connectivity index (χ0v) is 14.4. The topological polar surface area (TPSA) is 77.5 Å². The SMILES string of the molecule is COc1c(CN=C(N)Nc2cccc(C(C)C)c2)c(C)nn1C. The fraction of sp³-hybridized carbons (Fsp3) is 0.412. The summed E-state index contributed by atoms with van der Waals surface area (Å²) >= 11 is 0. The zero-order chi connectivity index (χ0) is 17.0. The number of benzene rings is 1. The first-order chi connectivity index (χ1) is 10.9. The fourth-order valence-corrected chi connectivity index (χ4v) is 2.45. The number of rotatable bonds is 5. The summed E-state index contributed by atoms with van der Waals surface area (Å²) in [5.74, 6) is 1.55. The average molecular weight is 315 g/mol. The zero-order valence-electron chi connectivity index (χ0n) is 14.4. The van der Waals surface area contributed by atoms with Gasteiger partial charge in [-0.1, -0.05) is 26.0 Å². The second-order valence-corrected chi connectivity index (χ2v) is 5.80. The predicted octanol–water partition coefficient (Wildman–Crippen LogP) is 2.79. The van der Waals surface area contributed by atoms with Gasteiger partial charge in [0.2, 0.25) is 5.88 Å². The molecule has 0 saturated heterocycles. The normalized spacial score (nSPS) is 11.8. The number of aryl methyl sites for hydroxylation is 2. The van der Waals surface area contributed by atoms with E-state index in [4.69, 9.17) is 10.5 Å². The molecule has 2 rings (SSSR count). The molecule has 0 aliphatic carbocycles. The first-order valence-electron chi connectivity index (χ1n) is 7.65. The number of anilines is 1. The molecule has 0 spiro atoms. The van der Waals surface area contributed by atoms with Gasteiger partial charge in [-0.3, -0.25) is 0 Å². The van der Waals surface area contributed by atoms with E-state index >= 15 is 0 Å². The first-order valence-corrected chi connectivity index (χ1v) is 7.65. The Morgan fingerprint density at radius 2 is 2.17 bits per heavy atom. The second-order valence-electron chi connectivity index (χ2n) is 5.80. The van der Waals surface area contributed by atoms with Gasteiger partial charge >= 0.3 is 0 Å². The van der Waals surface area contributed by atoms with Crippen molar-refractivity contribution in [2.24, 2.45) is 17.8 Å². The highest BCUT2D eigenvalue weighted by molar-refractivity contribution is 5.92. The number of methoxy groups -OCH3 is 1. The van der Waals surface area contributed by atoms with Crippen LogP contribution in [-0.4, -0.2) is 22.8 Å². The maximum atomic E-state index is 6.00. The number of nitrogens with two attached hydrogens (primary N) is 1. The van der Waals surface area contributed by atoms with Crippen LogP contribution in [0.3, 0.4) is 0 Å². The third-order valence-corrected chi connectivity index (χ3v) is 3.72. The molecule has 0 aliphatic rings. The fourth-order valence-electron chi connectivity index (χ4n) is 2.45. The van der Waals surface area contributed by atoms with Crippen molar-refractivity contribution in [3.05, 3.63) is 41.1 Å². The molecule has 0 saturated carbocycles. The molecule has 1 aromatic carbocycles. The minimum Gasteiger partial charge on any atom is -0.481 e. The lowest BCUT2D eigenvalue weighted by molar-refractivity contribution is 0.369. The van der Waals surface area contributed by atoms with Crippen LogP contribution < -0.4 is 15.8 Å². The third kappa shape index (κ3) is 4.03. The molecular weight excluding hydrogens is 290 g/mol. The van der Waals surface area contributed by atoms with Crippen molar-refractivity contribution >= 4 is 11.6 Å². The van der Waals surface area contributed by atoms with E-state index in [0.717, 1.165) is 16.9 Å². The molecule has 6 nitrogen and oxygen atoms in total. The molecule has 1 heterocycles. The van der Waals surface area contributed by atoms with Gasteiger partial charge in [-0.2, -0.15) is 5.10 Å². The molecular formula is C17H25N5O. The van der Waals surface area contributed by atoms with Crippen molar-refractivity contribution in [2.45, 2.75) is 33.2 Å². The monoisotopic (exact) mass is 315 g/mol. The number of ether oxygens (including phenoxy) is 1. The van der Waals surface area contributed by atoms with Gasteiger partial charge in [-0.05, 0) is 30.5 Å². The number of hydrogen-bond donors (Lipinski definition) is 2. The molecule has 0 fully saturated rings. The highest BCUT2D eigenvalue weighted by Crippen LogP contribution is 2.22. The molecule has 0 bridgehead atoms. The Morgan fingerprint density at radius 1 is 1.43 bits per heavy atom.